The average Bonchev–Trinajstić information content (AvgIpc) is 3.48. The quantitative estimate of drug-likeness (QED) is 0.585. The van der Waals surface area contributed by atoms with Crippen molar-refractivity contribution < 1.29 is 27.4 Å². The number of nitrogens with one attached hydrogen (secondary N) is 2. The Bertz CT molecular complexity index is 1020. The number of thiophene rings is 1. The molecule has 0 unspecified atom stereocenters. The van der Waals surface area contributed by atoms with Crippen LogP contribution < -0.4 is 24.8 Å². The van der Waals surface area contributed by atoms with Crippen LogP contribution in [0.25, 0.3) is 0 Å². The summed E-state index contributed by atoms with van der Waals surface area (Å²) in [6.45, 7) is 1.58. The van der Waals surface area contributed by atoms with Crippen LogP contribution in [0.15, 0.2) is 28.5 Å². The minimum Gasteiger partial charge on any atom is -0.496 e. The Morgan fingerprint density at radius 3 is 2.23 bits per heavy atom. The highest BCUT2D eigenvalue weighted by Gasteiger charge is 2.28. The molecule has 0 radical (unpaired) electrons. The summed E-state index contributed by atoms with van der Waals surface area (Å²) in [6, 6.07) is 6.38. The summed E-state index contributed by atoms with van der Waals surface area (Å²) in [5, 5.41) is 5.51. The van der Waals surface area contributed by atoms with E-state index >= 15 is 0 Å². The fourth-order valence-corrected chi connectivity index (χ4v) is 6.25. The summed E-state index contributed by atoms with van der Waals surface area (Å²) in [5.41, 5.74) is 0.727. The van der Waals surface area contributed by atoms with E-state index in [0.717, 1.165) is 23.3 Å². The molecule has 1 aliphatic heterocycles. The van der Waals surface area contributed by atoms with E-state index < -0.39 is 10.0 Å². The molecule has 0 bridgehead atoms. The van der Waals surface area contributed by atoms with Gasteiger partial charge < -0.3 is 24.8 Å². The summed E-state index contributed by atoms with van der Waals surface area (Å²) in [4.78, 5) is 13.0. The summed E-state index contributed by atoms with van der Waals surface area (Å²) >= 11 is 1.18. The molecule has 9 nitrogen and oxygen atoms in total. The van der Waals surface area contributed by atoms with E-state index in [2.05, 4.69) is 10.6 Å². The zero-order valence-corrected chi connectivity index (χ0v) is 19.4. The first-order chi connectivity index (χ1) is 14.9. The maximum absolute atomic E-state index is 12.6. The molecule has 2 aromatic rings. The van der Waals surface area contributed by atoms with Gasteiger partial charge in [-0.1, -0.05) is 0 Å². The number of carbonyl (C=O) groups is 1. The van der Waals surface area contributed by atoms with Crippen LogP contribution in [0.1, 0.15) is 23.3 Å². The zero-order valence-electron chi connectivity index (χ0n) is 17.8. The normalized spacial score (nSPS) is 14.3. The summed E-state index contributed by atoms with van der Waals surface area (Å²) in [6.07, 6.45) is 1.79. The van der Waals surface area contributed by atoms with Crippen LogP contribution in [0.3, 0.4) is 0 Å². The number of sulfonamides is 1. The lowest BCUT2D eigenvalue weighted by Crippen LogP contribution is -2.34. The van der Waals surface area contributed by atoms with Gasteiger partial charge >= 0.3 is 6.03 Å². The molecule has 0 atom stereocenters. The Morgan fingerprint density at radius 2 is 1.58 bits per heavy atom. The van der Waals surface area contributed by atoms with Crippen molar-refractivity contribution in [2.24, 2.45) is 0 Å². The monoisotopic (exact) mass is 469 g/mol. The Morgan fingerprint density at radius 1 is 0.968 bits per heavy atom. The highest BCUT2D eigenvalue weighted by molar-refractivity contribution is 7.91. The number of urea groups is 1. The number of rotatable bonds is 9. The van der Waals surface area contributed by atoms with Gasteiger partial charge in [-0.2, -0.15) is 4.31 Å². The van der Waals surface area contributed by atoms with Gasteiger partial charge in [-0.3, -0.25) is 0 Å². The molecule has 2 N–H and O–H groups in total. The topological polar surface area (TPSA) is 106 Å². The Balaban J connectivity index is 1.56. The molecule has 3 rings (SSSR count). The van der Waals surface area contributed by atoms with E-state index in [4.69, 9.17) is 14.2 Å². The first-order valence-electron chi connectivity index (χ1n) is 9.78. The van der Waals surface area contributed by atoms with Crippen molar-refractivity contribution in [3.63, 3.8) is 0 Å². The lowest BCUT2D eigenvalue weighted by molar-refractivity contribution is 0.240. The maximum Gasteiger partial charge on any atom is 0.315 e. The molecule has 1 aromatic heterocycles. The third-order valence-corrected chi connectivity index (χ3v) is 8.40. The molecule has 1 fully saturated rings. The number of hydrogen-bond acceptors (Lipinski definition) is 7. The van der Waals surface area contributed by atoms with E-state index in [0.29, 0.717) is 34.5 Å². The third kappa shape index (κ3) is 5.41. The van der Waals surface area contributed by atoms with E-state index in [1.165, 1.54) is 37.0 Å². The van der Waals surface area contributed by atoms with Crippen LogP contribution in [-0.2, 0) is 23.1 Å². The molecule has 0 spiro atoms. The number of benzene rings is 1. The highest BCUT2D eigenvalue weighted by atomic mass is 32.2. The number of nitrogens with zero attached hydrogens (tertiary/aromatic N) is 1. The maximum atomic E-state index is 12.6. The lowest BCUT2D eigenvalue weighted by atomic mass is 10.1. The van der Waals surface area contributed by atoms with Gasteiger partial charge in [0.05, 0.1) is 27.9 Å². The van der Waals surface area contributed by atoms with Crippen LogP contribution in [0.5, 0.6) is 17.2 Å². The zero-order chi connectivity index (χ0) is 22.4. The second-order valence-corrected chi connectivity index (χ2v) is 10.2. The molecule has 11 heteroatoms. The average molecular weight is 470 g/mol. The second-order valence-electron chi connectivity index (χ2n) is 6.89. The van der Waals surface area contributed by atoms with Gasteiger partial charge in [0.15, 0.2) is 11.5 Å². The highest BCUT2D eigenvalue weighted by Crippen LogP contribution is 2.34. The van der Waals surface area contributed by atoms with E-state index in [1.54, 1.807) is 24.3 Å². The smallest absolute Gasteiger partial charge is 0.315 e. The van der Waals surface area contributed by atoms with Crippen molar-refractivity contribution in [2.75, 3.05) is 34.4 Å². The minimum atomic E-state index is -3.44. The van der Waals surface area contributed by atoms with E-state index in [9.17, 15) is 13.2 Å². The van der Waals surface area contributed by atoms with Gasteiger partial charge in [0, 0.05) is 36.1 Å². The Labute approximate surface area is 186 Å². The van der Waals surface area contributed by atoms with Crippen LogP contribution in [0.4, 0.5) is 4.79 Å². The van der Waals surface area contributed by atoms with Crippen molar-refractivity contribution in [2.45, 2.75) is 30.1 Å². The van der Waals surface area contributed by atoms with Crippen molar-refractivity contribution >= 4 is 27.4 Å². The fraction of sp³-hybridized carbons (Fsp3) is 0.450. The first kappa shape index (κ1) is 23.2. The van der Waals surface area contributed by atoms with E-state index in [1.807, 2.05) is 0 Å². The van der Waals surface area contributed by atoms with Crippen molar-refractivity contribution in [3.05, 3.63) is 34.7 Å². The van der Waals surface area contributed by atoms with Crippen LogP contribution in [-0.4, -0.2) is 53.2 Å². The molecule has 1 aromatic carbocycles. The molecule has 0 aliphatic carbocycles. The van der Waals surface area contributed by atoms with Gasteiger partial charge in [-0.05, 0) is 31.0 Å². The molecule has 0 saturated carbocycles. The van der Waals surface area contributed by atoms with Crippen molar-refractivity contribution in [1.29, 1.82) is 0 Å². The molecule has 2 amide bonds. The third-order valence-electron chi connectivity index (χ3n) is 4.95. The second kappa shape index (κ2) is 10.2. The van der Waals surface area contributed by atoms with Crippen molar-refractivity contribution in [3.8, 4) is 17.2 Å². The Kier molecular flexibility index (Phi) is 7.63. The van der Waals surface area contributed by atoms with Crippen LogP contribution in [0, 0.1) is 0 Å². The molecular formula is C20H27N3O6S2. The molecule has 1 aliphatic rings. The van der Waals surface area contributed by atoms with Gasteiger partial charge in [-0.15, -0.1) is 11.3 Å². The predicted molar refractivity (Wildman–Crippen MR) is 117 cm³/mol. The molecule has 31 heavy (non-hydrogen) atoms. The minimum absolute atomic E-state index is 0.217. The number of carbonyl (C=O) groups excluding carboxylic acids is 1. The lowest BCUT2D eigenvalue weighted by Gasteiger charge is -2.15. The molecular weight excluding hydrogens is 442 g/mol. The number of methoxy groups -OCH3 is 3. The van der Waals surface area contributed by atoms with Gasteiger partial charge in [-0.25, -0.2) is 13.2 Å². The number of amides is 2. The summed E-state index contributed by atoms with van der Waals surface area (Å²) in [5.74, 6) is 1.63. The standard InChI is InChI=1S/C20H27N3O6S2/c1-27-16-11-18(29-3)17(28-2)10-14(16)12-21-20(24)22-13-15-6-7-19(30-15)31(25,26)23-8-4-5-9-23/h6-7,10-11H,4-5,8-9,12-13H2,1-3H3,(H2,21,22,24). The van der Waals surface area contributed by atoms with E-state index in [-0.39, 0.29) is 19.1 Å². The van der Waals surface area contributed by atoms with Gasteiger partial charge in [0.25, 0.3) is 10.0 Å². The number of hydrogen-bond donors (Lipinski definition) is 2. The Hall–Kier alpha value is -2.50. The van der Waals surface area contributed by atoms with Crippen LogP contribution >= 0.6 is 11.3 Å². The fourth-order valence-electron chi connectivity index (χ4n) is 3.28. The van der Waals surface area contributed by atoms with Crippen LogP contribution in [0.2, 0.25) is 0 Å². The predicted octanol–water partition coefficient (Wildman–Crippen LogP) is 2.56. The molecule has 2 heterocycles. The van der Waals surface area contributed by atoms with Gasteiger partial charge in [0.1, 0.15) is 9.96 Å². The SMILES string of the molecule is COc1cc(OC)c(OC)cc1CNC(=O)NCc1ccc(S(=O)(=O)N2CCCC2)s1. The number of ether oxygens (including phenoxy) is 3. The summed E-state index contributed by atoms with van der Waals surface area (Å²) in [7, 11) is 1.17. The molecule has 1 saturated heterocycles. The van der Waals surface area contributed by atoms with Crippen molar-refractivity contribution in [1.82, 2.24) is 14.9 Å². The van der Waals surface area contributed by atoms with Gasteiger partial charge in [0.2, 0.25) is 0 Å². The summed E-state index contributed by atoms with van der Waals surface area (Å²) < 4.78 is 42.9. The largest absolute Gasteiger partial charge is 0.496 e. The molecule has 170 valence electrons. The first-order valence-corrected chi connectivity index (χ1v) is 12.0.